The zero-order valence-electron chi connectivity index (χ0n) is 26.4. The minimum Gasteiger partial charge on any atom is -0.376 e. The van der Waals surface area contributed by atoms with Crippen LogP contribution in [0.25, 0.3) is 22.0 Å². The quantitative estimate of drug-likeness (QED) is 0.381. The van der Waals surface area contributed by atoms with Gasteiger partial charge in [-0.05, 0) is 57.7 Å². The summed E-state index contributed by atoms with van der Waals surface area (Å²) in [6.07, 6.45) is 6.42. The van der Waals surface area contributed by atoms with Crippen molar-refractivity contribution in [2.45, 2.75) is 64.6 Å². The summed E-state index contributed by atoms with van der Waals surface area (Å²) >= 11 is 7.18. The molecule has 1 spiro atoms. The summed E-state index contributed by atoms with van der Waals surface area (Å²) in [7, 11) is 0. The molecule has 1 N–H and O–H groups in total. The molecule has 3 saturated heterocycles. The van der Waals surface area contributed by atoms with Crippen molar-refractivity contribution in [2.75, 3.05) is 64.0 Å². The maximum Gasteiger partial charge on any atom is 0.245 e. The lowest BCUT2D eigenvalue weighted by atomic mass is 9.60. The molecule has 1 aromatic carbocycles. The molecule has 11 heteroatoms. The lowest BCUT2D eigenvalue weighted by Crippen LogP contribution is -2.63. The average Bonchev–Trinajstić information content (AvgIpc) is 3.57. The monoisotopic (exact) mass is 621 g/mol. The standard InChI is InChI=1S/C33H44ClN7O3/c1-6-27(42)39-19-33(20-39)13-23(14-33)41-22(4)28(29-25-15-35-36-26(25)12-21(3)30(29)34)31(37-41)40-9-8-38(18-32(40,5)7-2)16-24-17-43-10-11-44-24/h6,12,15,23-24H,1,7-11,13-14,16-20H2,2-5H3,(H,35,36)/t24-,32+/m1/s1. The first-order chi connectivity index (χ1) is 21.1. The number of aryl methyl sites for hydroxylation is 1. The van der Waals surface area contributed by atoms with Crippen LogP contribution in [0.4, 0.5) is 5.82 Å². The second-order valence-corrected chi connectivity index (χ2v) is 14.1. The van der Waals surface area contributed by atoms with E-state index in [4.69, 9.17) is 26.2 Å². The van der Waals surface area contributed by atoms with Crippen LogP contribution in [0.2, 0.25) is 5.02 Å². The second-order valence-electron chi connectivity index (χ2n) is 13.7. The van der Waals surface area contributed by atoms with Crippen molar-refractivity contribution in [1.29, 1.82) is 0 Å². The fraction of sp³-hybridized carbons (Fsp3) is 0.606. The third-order valence-corrected chi connectivity index (χ3v) is 11.2. The van der Waals surface area contributed by atoms with E-state index in [1.165, 1.54) is 6.08 Å². The molecule has 3 aliphatic heterocycles. The van der Waals surface area contributed by atoms with Crippen LogP contribution in [0.3, 0.4) is 0 Å². The van der Waals surface area contributed by atoms with Crippen LogP contribution in [0, 0.1) is 19.3 Å². The number of piperazine rings is 1. The van der Waals surface area contributed by atoms with Gasteiger partial charge in [0, 0.05) is 66.9 Å². The summed E-state index contributed by atoms with van der Waals surface area (Å²) in [5, 5.41) is 14.8. The number of carbonyl (C=O) groups is 1. The number of anilines is 1. The Kier molecular flexibility index (Phi) is 7.55. The number of aromatic nitrogens is 4. The first kappa shape index (κ1) is 29.8. The molecule has 7 rings (SSSR count). The van der Waals surface area contributed by atoms with Gasteiger partial charge in [0.25, 0.3) is 0 Å². The van der Waals surface area contributed by atoms with Crippen molar-refractivity contribution >= 4 is 34.2 Å². The molecule has 2 atom stereocenters. The molecule has 2 aromatic heterocycles. The number of halogens is 1. The van der Waals surface area contributed by atoms with Crippen molar-refractivity contribution in [3.05, 3.63) is 41.2 Å². The van der Waals surface area contributed by atoms with Crippen LogP contribution >= 0.6 is 11.6 Å². The Labute approximate surface area is 264 Å². The highest BCUT2D eigenvalue weighted by Crippen LogP contribution is 2.56. The van der Waals surface area contributed by atoms with Crippen molar-refractivity contribution < 1.29 is 14.3 Å². The number of benzene rings is 1. The minimum absolute atomic E-state index is 0.0257. The number of nitrogens with one attached hydrogen (secondary N) is 1. The van der Waals surface area contributed by atoms with Gasteiger partial charge in [0.15, 0.2) is 5.82 Å². The second kappa shape index (κ2) is 11.2. The van der Waals surface area contributed by atoms with Gasteiger partial charge < -0.3 is 19.3 Å². The average molecular weight is 622 g/mol. The van der Waals surface area contributed by atoms with E-state index in [1.54, 1.807) is 0 Å². The first-order valence-corrected chi connectivity index (χ1v) is 16.4. The van der Waals surface area contributed by atoms with E-state index in [-0.39, 0.29) is 29.0 Å². The minimum atomic E-state index is -0.139. The third kappa shape index (κ3) is 4.85. The topological polar surface area (TPSA) is 91.8 Å². The van der Waals surface area contributed by atoms with E-state index in [0.29, 0.717) is 19.8 Å². The lowest BCUT2D eigenvalue weighted by Gasteiger charge is -2.58. The molecule has 44 heavy (non-hydrogen) atoms. The molecule has 1 aliphatic carbocycles. The number of likely N-dealkylation sites (tertiary alicyclic amines) is 1. The Balaban J connectivity index is 1.25. The van der Waals surface area contributed by atoms with Crippen molar-refractivity contribution in [3.63, 3.8) is 0 Å². The summed E-state index contributed by atoms with van der Waals surface area (Å²) in [6.45, 7) is 19.7. The molecule has 0 unspecified atom stereocenters. The fourth-order valence-electron chi connectivity index (χ4n) is 8.11. The van der Waals surface area contributed by atoms with Gasteiger partial charge in [0.2, 0.25) is 5.91 Å². The molecule has 10 nitrogen and oxygen atoms in total. The summed E-state index contributed by atoms with van der Waals surface area (Å²) in [4.78, 5) is 19.1. The number of fused-ring (bicyclic) bond motifs is 1. The number of amides is 1. The molecule has 1 saturated carbocycles. The number of hydrogen-bond acceptors (Lipinski definition) is 7. The van der Waals surface area contributed by atoms with Crippen LogP contribution in [0.5, 0.6) is 0 Å². The number of H-pyrrole nitrogens is 1. The van der Waals surface area contributed by atoms with E-state index < -0.39 is 0 Å². The number of carbonyl (C=O) groups excluding carboxylic acids is 1. The Morgan fingerprint density at radius 3 is 2.70 bits per heavy atom. The van der Waals surface area contributed by atoms with E-state index >= 15 is 0 Å². The summed E-state index contributed by atoms with van der Waals surface area (Å²) < 4.78 is 14.0. The highest BCUT2D eigenvalue weighted by molar-refractivity contribution is 6.36. The largest absolute Gasteiger partial charge is 0.376 e. The van der Waals surface area contributed by atoms with Gasteiger partial charge in [0.05, 0.1) is 54.2 Å². The van der Waals surface area contributed by atoms with Crippen LogP contribution in [-0.2, 0) is 14.3 Å². The predicted molar refractivity (Wildman–Crippen MR) is 172 cm³/mol. The van der Waals surface area contributed by atoms with Crippen LogP contribution in [0.1, 0.15) is 50.4 Å². The van der Waals surface area contributed by atoms with E-state index in [1.807, 2.05) is 11.1 Å². The highest BCUT2D eigenvalue weighted by Gasteiger charge is 2.55. The zero-order chi connectivity index (χ0) is 30.8. The van der Waals surface area contributed by atoms with E-state index in [0.717, 1.165) is 103 Å². The van der Waals surface area contributed by atoms with Gasteiger partial charge in [-0.2, -0.15) is 10.2 Å². The molecule has 4 aliphatic rings. The fourth-order valence-corrected chi connectivity index (χ4v) is 8.36. The number of nitrogens with zero attached hydrogens (tertiary/aromatic N) is 6. The smallest absolute Gasteiger partial charge is 0.245 e. The van der Waals surface area contributed by atoms with Gasteiger partial charge in [0.1, 0.15) is 0 Å². The van der Waals surface area contributed by atoms with Gasteiger partial charge in [-0.1, -0.05) is 25.1 Å². The molecular weight excluding hydrogens is 578 g/mol. The van der Waals surface area contributed by atoms with Crippen molar-refractivity contribution in [2.24, 2.45) is 5.41 Å². The highest BCUT2D eigenvalue weighted by atomic mass is 35.5. The van der Waals surface area contributed by atoms with Gasteiger partial charge in [-0.25, -0.2) is 0 Å². The summed E-state index contributed by atoms with van der Waals surface area (Å²) in [6, 6.07) is 2.35. The van der Waals surface area contributed by atoms with Crippen LogP contribution in [0.15, 0.2) is 24.9 Å². The zero-order valence-corrected chi connectivity index (χ0v) is 27.1. The van der Waals surface area contributed by atoms with E-state index in [9.17, 15) is 4.79 Å². The maximum atomic E-state index is 12.1. The number of aromatic amines is 1. The number of ether oxygens (including phenoxy) is 2. The lowest BCUT2D eigenvalue weighted by molar-refractivity contribution is -0.149. The molecule has 3 aromatic rings. The van der Waals surface area contributed by atoms with Crippen LogP contribution in [-0.4, -0.2) is 106 Å². The van der Waals surface area contributed by atoms with Crippen LogP contribution < -0.4 is 4.90 Å². The molecule has 0 radical (unpaired) electrons. The Hall–Kier alpha value is -2.92. The molecule has 4 fully saturated rings. The molecule has 5 heterocycles. The number of rotatable bonds is 7. The molecule has 1 amide bonds. The Morgan fingerprint density at radius 2 is 2.00 bits per heavy atom. The Bertz CT molecular complexity index is 1580. The van der Waals surface area contributed by atoms with Gasteiger partial charge >= 0.3 is 0 Å². The summed E-state index contributed by atoms with van der Waals surface area (Å²) in [5.74, 6) is 1.02. The maximum absolute atomic E-state index is 12.1. The van der Waals surface area contributed by atoms with E-state index in [2.05, 4.69) is 65.0 Å². The van der Waals surface area contributed by atoms with Gasteiger partial charge in [-0.15, -0.1) is 0 Å². The SMILES string of the molecule is C=CC(=O)N1CC2(CC(n3nc(N4CCN(C[C@@H]5COCCO5)C[C@]4(C)CC)c(-c4c(Cl)c(C)cc5[nH]ncc45)c3C)C2)C1. The van der Waals surface area contributed by atoms with Crippen molar-refractivity contribution in [1.82, 2.24) is 29.8 Å². The van der Waals surface area contributed by atoms with Crippen molar-refractivity contribution in [3.8, 4) is 11.1 Å². The summed E-state index contributed by atoms with van der Waals surface area (Å²) in [5.41, 5.74) is 5.26. The molecule has 236 valence electrons. The van der Waals surface area contributed by atoms with Gasteiger partial charge in [-0.3, -0.25) is 19.5 Å². The molecular formula is C33H44ClN7O3. The third-order valence-electron chi connectivity index (χ3n) is 10.7. The Morgan fingerprint density at radius 1 is 1.20 bits per heavy atom. The normalized spacial score (nSPS) is 25.8. The predicted octanol–water partition coefficient (Wildman–Crippen LogP) is 4.75. The molecule has 0 bridgehead atoms. The first-order valence-electron chi connectivity index (χ1n) is 16.0. The number of hydrogen-bond donors (Lipinski definition) is 1.